The van der Waals surface area contributed by atoms with Crippen molar-refractivity contribution in [1.82, 2.24) is 29.8 Å². The van der Waals surface area contributed by atoms with Gasteiger partial charge in [-0.1, -0.05) is 34.6 Å². The molecule has 0 amide bonds. The first-order valence-corrected chi connectivity index (χ1v) is 11.8. The van der Waals surface area contributed by atoms with Gasteiger partial charge in [0.15, 0.2) is 0 Å². The fourth-order valence-corrected chi connectivity index (χ4v) is 3.89. The zero-order chi connectivity index (χ0) is 22.1. The Morgan fingerprint density at radius 3 is 1.90 bits per heavy atom. The monoisotopic (exact) mass is 416 g/mol. The van der Waals surface area contributed by atoms with E-state index in [0.717, 1.165) is 13.1 Å². The minimum Gasteiger partial charge on any atom is -0.317 e. The van der Waals surface area contributed by atoms with Crippen LogP contribution in [0.5, 0.6) is 0 Å². The Labute approximate surface area is 184 Å². The van der Waals surface area contributed by atoms with Crippen LogP contribution in [-0.2, 0) is 5.41 Å². The molecule has 30 heavy (non-hydrogen) atoms. The Kier molecular flexibility index (Phi) is 9.56. The summed E-state index contributed by atoms with van der Waals surface area (Å²) in [5.41, 5.74) is 2.81. The van der Waals surface area contributed by atoms with Crippen molar-refractivity contribution in [3.63, 3.8) is 0 Å². The third-order valence-electron chi connectivity index (χ3n) is 5.94. The van der Waals surface area contributed by atoms with Gasteiger partial charge in [-0.3, -0.25) is 9.36 Å². The number of likely N-dealkylation sites (tertiary alicyclic amines) is 1. The van der Waals surface area contributed by atoms with Crippen molar-refractivity contribution in [3.8, 4) is 0 Å². The zero-order valence-electron chi connectivity index (χ0n) is 20.4. The van der Waals surface area contributed by atoms with Crippen LogP contribution in [0.2, 0.25) is 0 Å². The molecule has 0 aromatic carbocycles. The van der Waals surface area contributed by atoms with Crippen molar-refractivity contribution in [2.45, 2.75) is 84.7 Å². The van der Waals surface area contributed by atoms with Gasteiger partial charge in [-0.2, -0.15) is 10.2 Å². The number of hydrogen-bond donors (Lipinski definition) is 1. The number of nitrogens with one attached hydrogen (secondary N) is 1. The van der Waals surface area contributed by atoms with Crippen molar-refractivity contribution in [2.24, 2.45) is 0 Å². The molecule has 0 aliphatic carbocycles. The number of rotatable bonds is 2. The van der Waals surface area contributed by atoms with Crippen molar-refractivity contribution in [3.05, 3.63) is 35.9 Å². The first kappa shape index (κ1) is 24.6. The molecule has 2 saturated heterocycles. The van der Waals surface area contributed by atoms with E-state index >= 15 is 0 Å². The van der Waals surface area contributed by atoms with Gasteiger partial charge in [0.2, 0.25) is 0 Å². The summed E-state index contributed by atoms with van der Waals surface area (Å²) in [5.74, 6) is 0. The Morgan fingerprint density at radius 1 is 0.867 bits per heavy atom. The van der Waals surface area contributed by atoms with Crippen LogP contribution in [0, 0.1) is 6.92 Å². The van der Waals surface area contributed by atoms with Crippen molar-refractivity contribution < 1.29 is 0 Å². The van der Waals surface area contributed by atoms with Crippen LogP contribution in [0.4, 0.5) is 0 Å². The van der Waals surface area contributed by atoms with Crippen LogP contribution < -0.4 is 5.32 Å². The second-order valence-corrected chi connectivity index (χ2v) is 9.47. The van der Waals surface area contributed by atoms with Gasteiger partial charge in [0.25, 0.3) is 0 Å². The van der Waals surface area contributed by atoms with E-state index in [1.807, 2.05) is 26.2 Å². The second-order valence-electron chi connectivity index (χ2n) is 9.47. The SMILES string of the molecule is CC.CN1CCC(n2cc(C(C)(C)C)cn2)CC1.Cc1cnn(C2CCNCC2)c1. The third-order valence-corrected chi connectivity index (χ3v) is 5.94. The highest BCUT2D eigenvalue weighted by molar-refractivity contribution is 5.15. The summed E-state index contributed by atoms with van der Waals surface area (Å²) in [6.07, 6.45) is 13.2. The van der Waals surface area contributed by atoms with Gasteiger partial charge in [-0.25, -0.2) is 0 Å². The highest BCUT2D eigenvalue weighted by Gasteiger charge is 2.21. The minimum atomic E-state index is 0.212. The topological polar surface area (TPSA) is 50.9 Å². The molecule has 6 nitrogen and oxygen atoms in total. The van der Waals surface area contributed by atoms with Crippen molar-refractivity contribution in [2.75, 3.05) is 33.2 Å². The van der Waals surface area contributed by atoms with E-state index in [1.165, 1.54) is 49.9 Å². The minimum absolute atomic E-state index is 0.212. The van der Waals surface area contributed by atoms with Gasteiger partial charge in [-0.15, -0.1) is 0 Å². The Bertz CT molecular complexity index is 712. The van der Waals surface area contributed by atoms with E-state index < -0.39 is 0 Å². The van der Waals surface area contributed by atoms with Crippen molar-refractivity contribution in [1.29, 1.82) is 0 Å². The third kappa shape index (κ3) is 7.24. The Balaban J connectivity index is 0.000000204. The van der Waals surface area contributed by atoms with E-state index in [4.69, 9.17) is 0 Å². The lowest BCUT2D eigenvalue weighted by Crippen LogP contribution is -2.31. The maximum Gasteiger partial charge on any atom is 0.0543 e. The molecule has 0 bridgehead atoms. The summed E-state index contributed by atoms with van der Waals surface area (Å²) in [5, 5.41) is 12.2. The Morgan fingerprint density at radius 2 is 1.40 bits per heavy atom. The van der Waals surface area contributed by atoms with Gasteiger partial charge in [0.05, 0.1) is 24.5 Å². The predicted molar refractivity (Wildman–Crippen MR) is 126 cm³/mol. The van der Waals surface area contributed by atoms with Crippen LogP contribution in [0.1, 0.15) is 83.5 Å². The molecular weight excluding hydrogens is 372 g/mol. The van der Waals surface area contributed by atoms with Gasteiger partial charge in [0.1, 0.15) is 0 Å². The largest absolute Gasteiger partial charge is 0.317 e. The Hall–Kier alpha value is -1.66. The van der Waals surface area contributed by atoms with Crippen LogP contribution in [0.25, 0.3) is 0 Å². The first-order chi connectivity index (χ1) is 14.3. The van der Waals surface area contributed by atoms with Crippen LogP contribution in [-0.4, -0.2) is 57.7 Å². The van der Waals surface area contributed by atoms with Gasteiger partial charge < -0.3 is 10.2 Å². The molecule has 2 aliphatic heterocycles. The first-order valence-electron chi connectivity index (χ1n) is 11.8. The molecular formula is C24H44N6. The van der Waals surface area contributed by atoms with Crippen molar-refractivity contribution >= 4 is 0 Å². The number of aryl methyl sites for hydroxylation is 1. The highest BCUT2D eigenvalue weighted by Crippen LogP contribution is 2.26. The molecule has 4 rings (SSSR count). The van der Waals surface area contributed by atoms with Gasteiger partial charge in [0, 0.05) is 12.4 Å². The molecule has 0 spiro atoms. The molecule has 2 fully saturated rings. The maximum atomic E-state index is 4.53. The molecule has 0 radical (unpaired) electrons. The molecule has 170 valence electrons. The van der Waals surface area contributed by atoms with Crippen LogP contribution in [0.15, 0.2) is 24.8 Å². The fourth-order valence-electron chi connectivity index (χ4n) is 3.89. The number of hydrogen-bond acceptors (Lipinski definition) is 4. The lowest BCUT2D eigenvalue weighted by atomic mass is 9.90. The average Bonchev–Trinajstić information content (AvgIpc) is 3.41. The lowest BCUT2D eigenvalue weighted by molar-refractivity contribution is 0.212. The molecule has 4 heterocycles. The fraction of sp³-hybridized carbons (Fsp3) is 0.750. The van der Waals surface area contributed by atoms with E-state index in [1.54, 1.807) is 0 Å². The predicted octanol–water partition coefficient (Wildman–Crippen LogP) is 4.59. The van der Waals surface area contributed by atoms with Gasteiger partial charge >= 0.3 is 0 Å². The number of nitrogens with zero attached hydrogens (tertiary/aromatic N) is 5. The molecule has 2 aliphatic rings. The molecule has 0 unspecified atom stereocenters. The molecule has 6 heteroatoms. The molecule has 1 N–H and O–H groups in total. The molecule has 0 saturated carbocycles. The average molecular weight is 417 g/mol. The van der Waals surface area contributed by atoms with Crippen LogP contribution in [0.3, 0.4) is 0 Å². The molecule has 0 atom stereocenters. The summed E-state index contributed by atoms with van der Waals surface area (Å²) in [7, 11) is 2.19. The quantitative estimate of drug-likeness (QED) is 0.778. The summed E-state index contributed by atoms with van der Waals surface area (Å²) < 4.78 is 4.28. The van der Waals surface area contributed by atoms with E-state index in [9.17, 15) is 0 Å². The van der Waals surface area contributed by atoms with E-state index in [-0.39, 0.29) is 5.41 Å². The maximum absolute atomic E-state index is 4.53. The zero-order valence-corrected chi connectivity index (χ0v) is 20.4. The summed E-state index contributed by atoms with van der Waals surface area (Å²) in [6, 6.07) is 1.23. The number of piperidine rings is 2. The molecule has 2 aromatic heterocycles. The van der Waals surface area contributed by atoms with Gasteiger partial charge in [-0.05, 0) is 82.4 Å². The summed E-state index contributed by atoms with van der Waals surface area (Å²) in [6.45, 7) is 17.4. The normalized spacial score (nSPS) is 18.9. The van der Waals surface area contributed by atoms with Crippen LogP contribution >= 0.6 is 0 Å². The lowest BCUT2D eigenvalue weighted by Gasteiger charge is -2.29. The molecule has 2 aromatic rings. The van der Waals surface area contributed by atoms with E-state index in [2.05, 4.69) is 76.9 Å². The smallest absolute Gasteiger partial charge is 0.0543 e. The highest BCUT2D eigenvalue weighted by atomic mass is 15.3. The standard InChI is InChI=1S/C13H23N3.C9H15N3.C2H6/c1-13(2,3)11-9-14-16(10-11)12-5-7-15(4)8-6-12;1-8-6-11-12(7-8)9-2-4-10-5-3-9;1-2/h9-10,12H,5-8H2,1-4H3;6-7,9-10H,2-5H2,1H3;1-2H3. The summed E-state index contributed by atoms with van der Waals surface area (Å²) >= 11 is 0. The summed E-state index contributed by atoms with van der Waals surface area (Å²) in [4.78, 5) is 2.39. The number of aromatic nitrogens is 4. The van der Waals surface area contributed by atoms with E-state index in [0.29, 0.717) is 12.1 Å². The second kappa shape index (κ2) is 11.7.